The summed E-state index contributed by atoms with van der Waals surface area (Å²) in [7, 11) is 0. The number of nitrogens with zero attached hydrogens (tertiary/aromatic N) is 1. The second-order valence-corrected chi connectivity index (χ2v) is 6.41. The van der Waals surface area contributed by atoms with E-state index in [-0.39, 0.29) is 12.1 Å². The highest BCUT2D eigenvalue weighted by molar-refractivity contribution is 6.30. The molecule has 3 nitrogen and oxygen atoms in total. The van der Waals surface area contributed by atoms with Crippen LogP contribution in [0.2, 0.25) is 5.02 Å². The number of anilines is 1. The van der Waals surface area contributed by atoms with Gasteiger partial charge in [0.25, 0.3) is 0 Å². The molecule has 0 heterocycles. The van der Waals surface area contributed by atoms with Crippen molar-refractivity contribution < 1.29 is 18.0 Å². The molecule has 0 aromatic heterocycles. The van der Waals surface area contributed by atoms with Gasteiger partial charge in [-0.15, -0.1) is 0 Å². The van der Waals surface area contributed by atoms with E-state index in [0.29, 0.717) is 29.2 Å². The van der Waals surface area contributed by atoms with E-state index in [9.17, 15) is 18.0 Å². The number of amides is 2. The van der Waals surface area contributed by atoms with E-state index in [1.807, 2.05) is 13.8 Å². The van der Waals surface area contributed by atoms with Crippen LogP contribution in [-0.2, 0) is 12.6 Å². The summed E-state index contributed by atoms with van der Waals surface area (Å²) in [5.74, 6) is 0. The highest BCUT2D eigenvalue weighted by Gasteiger charge is 2.30. The van der Waals surface area contributed by atoms with E-state index >= 15 is 0 Å². The van der Waals surface area contributed by atoms with E-state index < -0.39 is 11.7 Å². The number of nitrogens with one attached hydrogen (secondary N) is 1. The van der Waals surface area contributed by atoms with Crippen molar-refractivity contribution in [1.29, 1.82) is 0 Å². The average molecular weight is 385 g/mol. The van der Waals surface area contributed by atoms with Gasteiger partial charge in [-0.05, 0) is 56.2 Å². The lowest BCUT2D eigenvalue weighted by molar-refractivity contribution is -0.137. The predicted octanol–water partition coefficient (Wildman–Crippen LogP) is 5.84. The standard InChI is InChI=1S/C19H20ClF3N2O/c1-3-25(18(26)24-17-9-7-16(20)8-10-17)13(2)11-14-5-4-6-15(12-14)19(21,22)23/h4-10,12-13H,3,11H2,1-2H3,(H,24,26). The van der Waals surface area contributed by atoms with Crippen LogP contribution < -0.4 is 5.32 Å². The van der Waals surface area contributed by atoms with Gasteiger partial charge in [-0.25, -0.2) is 4.79 Å². The first kappa shape index (κ1) is 20.1. The third-order valence-electron chi connectivity index (χ3n) is 4.01. The van der Waals surface area contributed by atoms with Crippen LogP contribution >= 0.6 is 11.6 Å². The molecule has 0 aliphatic rings. The van der Waals surface area contributed by atoms with Gasteiger partial charge >= 0.3 is 12.2 Å². The quantitative estimate of drug-likeness (QED) is 0.689. The Hall–Kier alpha value is -2.21. The van der Waals surface area contributed by atoms with Gasteiger partial charge < -0.3 is 10.2 Å². The molecule has 1 N–H and O–H groups in total. The zero-order valence-corrected chi connectivity index (χ0v) is 15.2. The maximum Gasteiger partial charge on any atom is 0.416 e. The monoisotopic (exact) mass is 384 g/mol. The van der Waals surface area contributed by atoms with Crippen LogP contribution in [0.3, 0.4) is 0 Å². The summed E-state index contributed by atoms with van der Waals surface area (Å²) in [5.41, 5.74) is 0.449. The summed E-state index contributed by atoms with van der Waals surface area (Å²) >= 11 is 5.82. The van der Waals surface area contributed by atoms with E-state index in [4.69, 9.17) is 11.6 Å². The second-order valence-electron chi connectivity index (χ2n) is 5.97. The minimum Gasteiger partial charge on any atom is -0.322 e. The summed E-state index contributed by atoms with van der Waals surface area (Å²) in [6.45, 7) is 4.06. The zero-order valence-electron chi connectivity index (χ0n) is 14.5. The van der Waals surface area contributed by atoms with Gasteiger partial charge in [0.15, 0.2) is 0 Å². The Kier molecular flexibility index (Phi) is 6.53. The summed E-state index contributed by atoms with van der Waals surface area (Å²) < 4.78 is 38.5. The first-order valence-electron chi connectivity index (χ1n) is 8.20. The molecule has 0 saturated heterocycles. The molecule has 1 unspecified atom stereocenters. The smallest absolute Gasteiger partial charge is 0.322 e. The highest BCUT2D eigenvalue weighted by atomic mass is 35.5. The van der Waals surface area contributed by atoms with Crippen molar-refractivity contribution in [2.45, 2.75) is 32.5 Å². The molecule has 7 heteroatoms. The van der Waals surface area contributed by atoms with Crippen molar-refractivity contribution in [1.82, 2.24) is 4.90 Å². The van der Waals surface area contributed by atoms with Crippen LogP contribution in [0.1, 0.15) is 25.0 Å². The number of rotatable bonds is 5. The third kappa shape index (κ3) is 5.39. The number of benzene rings is 2. The van der Waals surface area contributed by atoms with Crippen molar-refractivity contribution in [3.8, 4) is 0 Å². The van der Waals surface area contributed by atoms with Crippen LogP contribution in [0.25, 0.3) is 0 Å². The van der Waals surface area contributed by atoms with Crippen molar-refractivity contribution in [2.24, 2.45) is 0 Å². The topological polar surface area (TPSA) is 32.3 Å². The molecule has 0 aliphatic heterocycles. The van der Waals surface area contributed by atoms with Gasteiger partial charge in [-0.1, -0.05) is 29.8 Å². The van der Waals surface area contributed by atoms with Gasteiger partial charge in [0.05, 0.1) is 5.56 Å². The molecule has 0 aliphatic carbocycles. The van der Waals surface area contributed by atoms with E-state index in [1.54, 1.807) is 35.2 Å². The Morgan fingerprint density at radius 3 is 2.42 bits per heavy atom. The molecule has 2 rings (SSSR count). The summed E-state index contributed by atoms with van der Waals surface area (Å²) in [6.07, 6.45) is -4.05. The van der Waals surface area contributed by atoms with Crippen molar-refractivity contribution in [3.63, 3.8) is 0 Å². The van der Waals surface area contributed by atoms with Gasteiger partial charge in [-0.3, -0.25) is 0 Å². The number of carbonyl (C=O) groups excluding carboxylic acids is 1. The first-order chi connectivity index (χ1) is 12.2. The fourth-order valence-corrected chi connectivity index (χ4v) is 2.84. The SMILES string of the molecule is CCN(C(=O)Nc1ccc(Cl)cc1)C(C)Cc1cccc(C(F)(F)F)c1. The van der Waals surface area contributed by atoms with Crippen LogP contribution in [0.4, 0.5) is 23.7 Å². The fraction of sp³-hybridized carbons (Fsp3) is 0.316. The van der Waals surface area contributed by atoms with Gasteiger partial charge in [0.2, 0.25) is 0 Å². The number of urea groups is 1. The Balaban J connectivity index is 2.07. The zero-order chi connectivity index (χ0) is 19.3. The molecule has 1 atom stereocenters. The predicted molar refractivity (Wildman–Crippen MR) is 97.5 cm³/mol. The molecule has 26 heavy (non-hydrogen) atoms. The minimum absolute atomic E-state index is 0.268. The second kappa shape index (κ2) is 8.45. The van der Waals surface area contributed by atoms with Gasteiger partial charge in [-0.2, -0.15) is 13.2 Å². The fourth-order valence-electron chi connectivity index (χ4n) is 2.71. The number of alkyl halides is 3. The van der Waals surface area contributed by atoms with Gasteiger partial charge in [0, 0.05) is 23.3 Å². The van der Waals surface area contributed by atoms with E-state index in [0.717, 1.165) is 12.1 Å². The van der Waals surface area contributed by atoms with Crippen LogP contribution in [-0.4, -0.2) is 23.5 Å². The molecule has 2 aromatic rings. The molecular formula is C19H20ClF3N2O. The normalized spacial score (nSPS) is 12.5. The van der Waals surface area contributed by atoms with Crippen molar-refractivity contribution >= 4 is 23.3 Å². The van der Waals surface area contributed by atoms with Crippen LogP contribution in [0, 0.1) is 0 Å². The molecule has 0 bridgehead atoms. The highest BCUT2D eigenvalue weighted by Crippen LogP contribution is 2.30. The lowest BCUT2D eigenvalue weighted by Gasteiger charge is -2.28. The Morgan fingerprint density at radius 1 is 1.19 bits per heavy atom. The molecule has 140 valence electrons. The number of halogens is 4. The Labute approximate surface area is 155 Å². The molecule has 2 amide bonds. The number of carbonyl (C=O) groups is 1. The lowest BCUT2D eigenvalue weighted by atomic mass is 10.0. The molecule has 0 saturated carbocycles. The summed E-state index contributed by atoms with van der Waals surface area (Å²) in [4.78, 5) is 14.1. The first-order valence-corrected chi connectivity index (χ1v) is 8.58. The Morgan fingerprint density at radius 2 is 1.85 bits per heavy atom. The van der Waals surface area contributed by atoms with E-state index in [2.05, 4.69) is 5.32 Å². The van der Waals surface area contributed by atoms with E-state index in [1.165, 1.54) is 6.07 Å². The molecule has 2 aromatic carbocycles. The summed E-state index contributed by atoms with van der Waals surface area (Å²) in [5, 5.41) is 3.33. The average Bonchev–Trinajstić information content (AvgIpc) is 2.57. The molecular weight excluding hydrogens is 365 g/mol. The van der Waals surface area contributed by atoms with Crippen LogP contribution in [0.15, 0.2) is 48.5 Å². The number of likely N-dealkylation sites (N-methyl/N-ethyl adjacent to an activating group) is 1. The lowest BCUT2D eigenvalue weighted by Crippen LogP contribution is -2.42. The number of hydrogen-bond donors (Lipinski definition) is 1. The Bertz CT molecular complexity index is 747. The maximum absolute atomic E-state index is 12.8. The van der Waals surface area contributed by atoms with Crippen molar-refractivity contribution in [2.75, 3.05) is 11.9 Å². The summed E-state index contributed by atoms with van der Waals surface area (Å²) in [6, 6.07) is 11.3. The molecule has 0 fully saturated rings. The molecule has 0 spiro atoms. The molecule has 0 radical (unpaired) electrons. The van der Waals surface area contributed by atoms with Gasteiger partial charge in [0.1, 0.15) is 0 Å². The maximum atomic E-state index is 12.8. The van der Waals surface area contributed by atoms with Crippen LogP contribution in [0.5, 0.6) is 0 Å². The number of hydrogen-bond acceptors (Lipinski definition) is 1. The largest absolute Gasteiger partial charge is 0.416 e. The third-order valence-corrected chi connectivity index (χ3v) is 4.27. The van der Waals surface area contributed by atoms with Crippen molar-refractivity contribution in [3.05, 3.63) is 64.7 Å². The minimum atomic E-state index is -4.38.